The van der Waals surface area contributed by atoms with Crippen molar-refractivity contribution in [3.63, 3.8) is 0 Å². The minimum absolute atomic E-state index is 0.193. The molecule has 106 valence electrons. The molecule has 3 N–H and O–H groups in total. The van der Waals surface area contributed by atoms with E-state index >= 15 is 0 Å². The van der Waals surface area contributed by atoms with Gasteiger partial charge in [-0.3, -0.25) is 5.10 Å². The molecule has 0 aliphatic heterocycles. The Hall–Kier alpha value is -1.10. The van der Waals surface area contributed by atoms with Gasteiger partial charge in [-0.15, -0.1) is 0 Å². The van der Waals surface area contributed by atoms with E-state index in [2.05, 4.69) is 10.2 Å². The largest absolute Gasteiger partial charge is 0.393 e. The summed E-state index contributed by atoms with van der Waals surface area (Å²) in [5, 5.41) is 29.4. The van der Waals surface area contributed by atoms with E-state index in [0.717, 1.165) is 29.3 Å². The average molecular weight is 293 g/mol. The maximum absolute atomic E-state index is 11.1. The van der Waals surface area contributed by atoms with Crippen LogP contribution in [0.1, 0.15) is 31.2 Å². The highest BCUT2D eigenvalue weighted by Gasteiger charge is 2.49. The molecule has 0 amide bonds. The predicted molar refractivity (Wildman–Crippen MR) is 76.5 cm³/mol. The SMILES string of the molecule is O[C@@H]1C[C@@H]2C[C@](O)(c3cc(Cl)cc4cn[nH]c34)C[C@@H]2C1. The monoisotopic (exact) mass is 292 g/mol. The van der Waals surface area contributed by atoms with Gasteiger partial charge in [0.2, 0.25) is 0 Å². The van der Waals surface area contributed by atoms with Gasteiger partial charge in [0.15, 0.2) is 0 Å². The van der Waals surface area contributed by atoms with Crippen LogP contribution in [-0.2, 0) is 5.60 Å². The fourth-order valence-corrected chi connectivity index (χ4v) is 4.47. The Balaban J connectivity index is 1.78. The third-order valence-corrected chi connectivity index (χ3v) is 5.25. The molecular weight excluding hydrogens is 276 g/mol. The zero-order valence-electron chi connectivity index (χ0n) is 11.0. The minimum atomic E-state index is -0.856. The van der Waals surface area contributed by atoms with E-state index in [0.29, 0.717) is 29.7 Å². The summed E-state index contributed by atoms with van der Waals surface area (Å²) < 4.78 is 0. The zero-order valence-corrected chi connectivity index (χ0v) is 11.8. The number of halogens is 1. The molecule has 4 rings (SSSR count). The molecule has 2 aliphatic carbocycles. The summed E-state index contributed by atoms with van der Waals surface area (Å²) in [7, 11) is 0. The van der Waals surface area contributed by atoms with Crippen LogP contribution in [-0.4, -0.2) is 26.5 Å². The molecule has 0 bridgehead atoms. The van der Waals surface area contributed by atoms with Crippen molar-refractivity contribution < 1.29 is 10.2 Å². The third kappa shape index (κ3) is 1.79. The number of H-pyrrole nitrogens is 1. The Labute approximate surface area is 121 Å². The van der Waals surface area contributed by atoms with E-state index in [9.17, 15) is 10.2 Å². The number of aromatic amines is 1. The number of aromatic nitrogens is 2. The van der Waals surface area contributed by atoms with E-state index < -0.39 is 5.60 Å². The number of rotatable bonds is 1. The molecule has 1 heterocycles. The molecule has 2 aliphatic rings. The van der Waals surface area contributed by atoms with Crippen LogP contribution in [0.5, 0.6) is 0 Å². The molecular formula is C15H17ClN2O2. The number of hydrogen-bond donors (Lipinski definition) is 3. The fourth-order valence-electron chi connectivity index (χ4n) is 4.24. The number of benzene rings is 1. The van der Waals surface area contributed by atoms with Crippen LogP contribution in [0.25, 0.3) is 10.9 Å². The van der Waals surface area contributed by atoms with E-state index in [-0.39, 0.29) is 6.10 Å². The molecule has 0 saturated heterocycles. The van der Waals surface area contributed by atoms with Gasteiger partial charge < -0.3 is 10.2 Å². The predicted octanol–water partition coefficient (Wildman–Crippen LogP) is 2.58. The van der Waals surface area contributed by atoms with Crippen molar-refractivity contribution >= 4 is 22.5 Å². The number of nitrogens with zero attached hydrogens (tertiary/aromatic N) is 1. The van der Waals surface area contributed by atoms with Crippen molar-refractivity contribution in [3.05, 3.63) is 28.9 Å². The highest BCUT2D eigenvalue weighted by atomic mass is 35.5. The second kappa shape index (κ2) is 4.20. The first-order valence-corrected chi connectivity index (χ1v) is 7.46. The summed E-state index contributed by atoms with van der Waals surface area (Å²) in [4.78, 5) is 0. The smallest absolute Gasteiger partial charge is 0.0923 e. The number of fused-ring (bicyclic) bond motifs is 2. The molecule has 4 nitrogen and oxygen atoms in total. The third-order valence-electron chi connectivity index (χ3n) is 5.03. The molecule has 2 saturated carbocycles. The molecule has 20 heavy (non-hydrogen) atoms. The van der Waals surface area contributed by atoms with Gasteiger partial charge in [-0.1, -0.05) is 11.6 Å². The lowest BCUT2D eigenvalue weighted by molar-refractivity contribution is 0.0302. The number of hydrogen-bond acceptors (Lipinski definition) is 3. The number of nitrogens with one attached hydrogen (secondary N) is 1. The van der Waals surface area contributed by atoms with Gasteiger partial charge >= 0.3 is 0 Å². The van der Waals surface area contributed by atoms with Crippen molar-refractivity contribution in [1.29, 1.82) is 0 Å². The standard InChI is InChI=1S/C15H17ClN2O2/c16-11-1-10-7-17-18-14(10)13(4-11)15(20)5-8-2-12(19)3-9(8)6-15/h1,4,7-9,12,19-20H,2-3,5-6H2,(H,17,18)/t8-,9+,12-,15-. The second-order valence-corrected chi connectivity index (χ2v) is 6.81. The van der Waals surface area contributed by atoms with Crippen LogP contribution < -0.4 is 0 Å². The molecule has 5 heteroatoms. The zero-order chi connectivity index (χ0) is 13.9. The maximum atomic E-state index is 11.1. The van der Waals surface area contributed by atoms with Crippen molar-refractivity contribution in [3.8, 4) is 0 Å². The van der Waals surface area contributed by atoms with Gasteiger partial charge in [-0.05, 0) is 49.7 Å². The number of aliphatic hydroxyl groups excluding tert-OH is 1. The summed E-state index contributed by atoms with van der Waals surface area (Å²) in [6.45, 7) is 0. The lowest BCUT2D eigenvalue weighted by Gasteiger charge is -2.25. The maximum Gasteiger partial charge on any atom is 0.0923 e. The van der Waals surface area contributed by atoms with Gasteiger partial charge in [0.05, 0.1) is 23.4 Å². The summed E-state index contributed by atoms with van der Waals surface area (Å²) in [5.41, 5.74) is 0.865. The normalized spacial score (nSPS) is 36.6. The number of aliphatic hydroxyl groups is 2. The molecule has 4 atom stereocenters. The first-order valence-electron chi connectivity index (χ1n) is 7.09. The van der Waals surface area contributed by atoms with Crippen LogP contribution >= 0.6 is 11.6 Å². The molecule has 0 radical (unpaired) electrons. The van der Waals surface area contributed by atoms with Gasteiger partial charge in [-0.25, -0.2) is 0 Å². The summed E-state index contributed by atoms with van der Waals surface area (Å²) in [6, 6.07) is 3.70. The second-order valence-electron chi connectivity index (χ2n) is 6.37. The minimum Gasteiger partial charge on any atom is -0.393 e. The Morgan fingerprint density at radius 2 is 1.95 bits per heavy atom. The molecule has 1 aromatic heterocycles. The van der Waals surface area contributed by atoms with E-state index in [1.807, 2.05) is 12.1 Å². The van der Waals surface area contributed by atoms with Crippen LogP contribution in [0.15, 0.2) is 18.3 Å². The van der Waals surface area contributed by atoms with E-state index in [4.69, 9.17) is 11.6 Å². The van der Waals surface area contributed by atoms with E-state index in [1.54, 1.807) is 6.20 Å². The summed E-state index contributed by atoms with van der Waals surface area (Å²) >= 11 is 6.17. The van der Waals surface area contributed by atoms with Gasteiger partial charge in [-0.2, -0.15) is 5.10 Å². The molecule has 2 aromatic rings. The van der Waals surface area contributed by atoms with Crippen molar-refractivity contribution in [2.45, 2.75) is 37.4 Å². The van der Waals surface area contributed by atoms with E-state index in [1.165, 1.54) is 0 Å². The Morgan fingerprint density at radius 3 is 2.65 bits per heavy atom. The lowest BCUT2D eigenvalue weighted by atomic mass is 9.88. The summed E-state index contributed by atoms with van der Waals surface area (Å²) in [6.07, 6.45) is 4.54. The highest BCUT2D eigenvalue weighted by Crippen LogP contribution is 2.53. The summed E-state index contributed by atoms with van der Waals surface area (Å²) in [5.74, 6) is 0.818. The van der Waals surface area contributed by atoms with Crippen molar-refractivity contribution in [2.24, 2.45) is 11.8 Å². The first kappa shape index (κ1) is 12.6. The topological polar surface area (TPSA) is 69.1 Å². The Kier molecular flexibility index (Phi) is 2.65. The van der Waals surface area contributed by atoms with Crippen LogP contribution in [0.2, 0.25) is 5.02 Å². The molecule has 0 unspecified atom stereocenters. The average Bonchev–Trinajstić information content (AvgIpc) is 3.01. The van der Waals surface area contributed by atoms with Crippen LogP contribution in [0.4, 0.5) is 0 Å². The Morgan fingerprint density at radius 1 is 1.25 bits per heavy atom. The quantitative estimate of drug-likeness (QED) is 0.757. The van der Waals surface area contributed by atoms with Gasteiger partial charge in [0.1, 0.15) is 0 Å². The Bertz CT molecular complexity index is 655. The first-order chi connectivity index (χ1) is 9.55. The van der Waals surface area contributed by atoms with Crippen LogP contribution in [0.3, 0.4) is 0 Å². The molecule has 1 aromatic carbocycles. The fraction of sp³-hybridized carbons (Fsp3) is 0.533. The van der Waals surface area contributed by atoms with Crippen LogP contribution in [0, 0.1) is 11.8 Å². The van der Waals surface area contributed by atoms with Gasteiger partial charge in [0, 0.05) is 16.0 Å². The lowest BCUT2D eigenvalue weighted by Crippen LogP contribution is -2.24. The van der Waals surface area contributed by atoms with Crippen molar-refractivity contribution in [1.82, 2.24) is 10.2 Å². The highest BCUT2D eigenvalue weighted by molar-refractivity contribution is 6.31. The molecule has 0 spiro atoms. The van der Waals surface area contributed by atoms with Crippen molar-refractivity contribution in [2.75, 3.05) is 0 Å². The van der Waals surface area contributed by atoms with Gasteiger partial charge in [0.25, 0.3) is 0 Å². The molecule has 2 fully saturated rings.